The maximum atomic E-state index is 5.73. The molecule has 2 N–H and O–H groups in total. The molecule has 0 saturated heterocycles. The first-order chi connectivity index (χ1) is 10.3. The van der Waals surface area contributed by atoms with Gasteiger partial charge in [-0.15, -0.1) is 0 Å². The SMILES string of the molecule is CCCCCCn1c(CCN)nc2cc(OCC)ccc21. The molecule has 0 aliphatic heterocycles. The zero-order chi connectivity index (χ0) is 15.1. The highest BCUT2D eigenvalue weighted by molar-refractivity contribution is 5.77. The second kappa shape index (κ2) is 8.03. The topological polar surface area (TPSA) is 53.1 Å². The van der Waals surface area contributed by atoms with E-state index in [2.05, 4.69) is 17.6 Å². The van der Waals surface area contributed by atoms with Gasteiger partial charge in [-0.05, 0) is 32.0 Å². The van der Waals surface area contributed by atoms with Crippen LogP contribution in [-0.4, -0.2) is 22.7 Å². The summed E-state index contributed by atoms with van der Waals surface area (Å²) in [6, 6.07) is 6.18. The summed E-state index contributed by atoms with van der Waals surface area (Å²) in [5.41, 5.74) is 7.93. The van der Waals surface area contributed by atoms with Crippen LogP contribution in [0.4, 0.5) is 0 Å². The summed E-state index contributed by atoms with van der Waals surface area (Å²) in [6.07, 6.45) is 5.86. The average Bonchev–Trinajstić information content (AvgIpc) is 2.81. The Morgan fingerprint density at radius 2 is 2.05 bits per heavy atom. The van der Waals surface area contributed by atoms with Gasteiger partial charge in [0.05, 0.1) is 17.6 Å². The fraction of sp³-hybridized carbons (Fsp3) is 0.588. The van der Waals surface area contributed by atoms with Crippen LogP contribution in [0.5, 0.6) is 5.75 Å². The lowest BCUT2D eigenvalue weighted by atomic mass is 10.2. The number of fused-ring (bicyclic) bond motifs is 1. The molecular weight excluding hydrogens is 262 g/mol. The third-order valence-corrected chi connectivity index (χ3v) is 3.71. The van der Waals surface area contributed by atoms with Crippen LogP contribution in [0.1, 0.15) is 45.4 Å². The predicted molar refractivity (Wildman–Crippen MR) is 87.8 cm³/mol. The van der Waals surface area contributed by atoms with E-state index in [0.717, 1.165) is 30.1 Å². The molecule has 0 amide bonds. The Hall–Kier alpha value is -1.55. The van der Waals surface area contributed by atoms with Gasteiger partial charge in [0, 0.05) is 19.0 Å². The summed E-state index contributed by atoms with van der Waals surface area (Å²) in [5, 5.41) is 0. The summed E-state index contributed by atoms with van der Waals surface area (Å²) < 4.78 is 7.89. The van der Waals surface area contributed by atoms with Gasteiger partial charge < -0.3 is 15.0 Å². The minimum absolute atomic E-state index is 0.636. The van der Waals surface area contributed by atoms with Crippen LogP contribution in [0.25, 0.3) is 11.0 Å². The van der Waals surface area contributed by atoms with Crippen LogP contribution < -0.4 is 10.5 Å². The van der Waals surface area contributed by atoms with E-state index in [0.29, 0.717) is 13.2 Å². The molecule has 21 heavy (non-hydrogen) atoms. The number of hydrogen-bond donors (Lipinski definition) is 1. The highest BCUT2D eigenvalue weighted by atomic mass is 16.5. The number of benzene rings is 1. The van der Waals surface area contributed by atoms with Crippen LogP contribution in [0.2, 0.25) is 0 Å². The van der Waals surface area contributed by atoms with Crippen molar-refractivity contribution in [2.45, 2.75) is 52.5 Å². The summed E-state index contributed by atoms with van der Waals surface area (Å²) in [7, 11) is 0. The number of imidazole rings is 1. The molecule has 0 saturated carbocycles. The smallest absolute Gasteiger partial charge is 0.121 e. The number of nitrogens with zero attached hydrogens (tertiary/aromatic N) is 2. The van der Waals surface area contributed by atoms with E-state index in [9.17, 15) is 0 Å². The number of rotatable bonds is 9. The van der Waals surface area contributed by atoms with Gasteiger partial charge >= 0.3 is 0 Å². The Bertz CT molecular complexity index is 562. The Kier molecular flexibility index (Phi) is 6.05. The lowest BCUT2D eigenvalue weighted by molar-refractivity contribution is 0.340. The van der Waals surface area contributed by atoms with E-state index < -0.39 is 0 Å². The molecule has 0 fully saturated rings. The fourth-order valence-electron chi connectivity index (χ4n) is 2.68. The maximum absolute atomic E-state index is 5.73. The molecule has 1 heterocycles. The Morgan fingerprint density at radius 1 is 1.19 bits per heavy atom. The van der Waals surface area contributed by atoms with E-state index in [-0.39, 0.29) is 0 Å². The quantitative estimate of drug-likeness (QED) is 0.719. The van der Waals surface area contributed by atoms with Crippen LogP contribution in [0, 0.1) is 0 Å². The van der Waals surface area contributed by atoms with Gasteiger partial charge in [-0.2, -0.15) is 0 Å². The van der Waals surface area contributed by atoms with Crippen molar-refractivity contribution < 1.29 is 4.74 Å². The minimum Gasteiger partial charge on any atom is -0.494 e. The standard InChI is InChI=1S/C17H27N3O/c1-3-5-6-7-12-20-16-9-8-14(21-4-2)13-15(16)19-17(20)10-11-18/h8-9,13H,3-7,10-12,18H2,1-2H3. The van der Waals surface area contributed by atoms with Gasteiger partial charge in [0.25, 0.3) is 0 Å². The van der Waals surface area contributed by atoms with Crippen molar-refractivity contribution >= 4 is 11.0 Å². The molecule has 0 aliphatic carbocycles. The normalized spacial score (nSPS) is 11.2. The highest BCUT2D eigenvalue weighted by Crippen LogP contribution is 2.23. The summed E-state index contributed by atoms with van der Waals surface area (Å²) in [6.45, 7) is 6.58. The first kappa shape index (κ1) is 15.8. The van der Waals surface area contributed by atoms with Gasteiger partial charge in [0.15, 0.2) is 0 Å². The highest BCUT2D eigenvalue weighted by Gasteiger charge is 2.10. The van der Waals surface area contributed by atoms with E-state index in [1.807, 2.05) is 19.1 Å². The molecule has 2 rings (SSSR count). The van der Waals surface area contributed by atoms with Gasteiger partial charge in [0.1, 0.15) is 11.6 Å². The van der Waals surface area contributed by atoms with Crippen LogP contribution in [0.3, 0.4) is 0 Å². The number of unbranched alkanes of at least 4 members (excludes halogenated alkanes) is 3. The summed E-state index contributed by atoms with van der Waals surface area (Å²) in [5.74, 6) is 1.98. The van der Waals surface area contributed by atoms with E-state index in [1.165, 1.54) is 31.2 Å². The molecule has 116 valence electrons. The van der Waals surface area contributed by atoms with Gasteiger partial charge in [-0.1, -0.05) is 26.2 Å². The van der Waals surface area contributed by atoms with Gasteiger partial charge in [-0.25, -0.2) is 4.98 Å². The molecule has 0 bridgehead atoms. The van der Waals surface area contributed by atoms with E-state index in [4.69, 9.17) is 15.5 Å². The van der Waals surface area contributed by atoms with Crippen molar-refractivity contribution in [3.8, 4) is 5.75 Å². The average molecular weight is 289 g/mol. The third-order valence-electron chi connectivity index (χ3n) is 3.71. The lowest BCUT2D eigenvalue weighted by Crippen LogP contribution is -2.10. The van der Waals surface area contributed by atoms with E-state index in [1.54, 1.807) is 0 Å². The lowest BCUT2D eigenvalue weighted by Gasteiger charge is -2.09. The van der Waals surface area contributed by atoms with Crippen LogP contribution >= 0.6 is 0 Å². The zero-order valence-corrected chi connectivity index (χ0v) is 13.3. The number of aromatic nitrogens is 2. The van der Waals surface area contributed by atoms with Crippen molar-refractivity contribution in [3.05, 3.63) is 24.0 Å². The van der Waals surface area contributed by atoms with Crippen molar-refractivity contribution in [2.24, 2.45) is 5.73 Å². The first-order valence-corrected chi connectivity index (χ1v) is 8.12. The van der Waals surface area contributed by atoms with Crippen LogP contribution in [0.15, 0.2) is 18.2 Å². The van der Waals surface area contributed by atoms with Gasteiger partial charge in [-0.3, -0.25) is 0 Å². The molecule has 0 aliphatic rings. The summed E-state index contributed by atoms with van der Waals surface area (Å²) in [4.78, 5) is 4.75. The number of ether oxygens (including phenoxy) is 1. The number of nitrogens with two attached hydrogens (primary N) is 1. The Labute approximate surface area is 127 Å². The van der Waals surface area contributed by atoms with Crippen molar-refractivity contribution in [1.82, 2.24) is 9.55 Å². The first-order valence-electron chi connectivity index (χ1n) is 8.12. The summed E-state index contributed by atoms with van der Waals surface area (Å²) >= 11 is 0. The second-order valence-electron chi connectivity index (χ2n) is 5.36. The van der Waals surface area contributed by atoms with Crippen molar-refractivity contribution in [1.29, 1.82) is 0 Å². The Balaban J connectivity index is 2.24. The molecule has 1 aromatic heterocycles. The van der Waals surface area contributed by atoms with Crippen LogP contribution in [-0.2, 0) is 13.0 Å². The maximum Gasteiger partial charge on any atom is 0.121 e. The van der Waals surface area contributed by atoms with Crippen molar-refractivity contribution in [3.63, 3.8) is 0 Å². The minimum atomic E-state index is 0.636. The van der Waals surface area contributed by atoms with Gasteiger partial charge in [0.2, 0.25) is 0 Å². The molecule has 0 atom stereocenters. The number of aryl methyl sites for hydroxylation is 1. The molecule has 1 aromatic carbocycles. The molecule has 4 heteroatoms. The molecule has 2 aromatic rings. The molecule has 0 spiro atoms. The zero-order valence-electron chi connectivity index (χ0n) is 13.3. The largest absolute Gasteiger partial charge is 0.494 e. The fourth-order valence-corrected chi connectivity index (χ4v) is 2.68. The second-order valence-corrected chi connectivity index (χ2v) is 5.36. The van der Waals surface area contributed by atoms with E-state index >= 15 is 0 Å². The molecule has 4 nitrogen and oxygen atoms in total. The molecular formula is C17H27N3O. The Morgan fingerprint density at radius 3 is 2.76 bits per heavy atom. The monoisotopic (exact) mass is 289 g/mol. The third kappa shape index (κ3) is 3.97. The van der Waals surface area contributed by atoms with Crippen molar-refractivity contribution in [2.75, 3.05) is 13.2 Å². The predicted octanol–water partition coefficient (Wildman–Crippen LogP) is 3.52. The molecule has 0 radical (unpaired) electrons. The molecule has 0 unspecified atom stereocenters. The number of hydrogen-bond acceptors (Lipinski definition) is 3.